The van der Waals surface area contributed by atoms with E-state index in [4.69, 9.17) is 9.47 Å². The molecule has 1 aliphatic heterocycles. The molecule has 1 saturated heterocycles. The van der Waals surface area contributed by atoms with Crippen LogP contribution in [-0.4, -0.2) is 48.1 Å². The van der Waals surface area contributed by atoms with E-state index in [1.807, 2.05) is 26.0 Å². The molecule has 10 heteroatoms. The molecule has 3 rings (SSSR count). The summed E-state index contributed by atoms with van der Waals surface area (Å²) in [4.78, 5) is 39.7. The van der Waals surface area contributed by atoms with Gasteiger partial charge < -0.3 is 14.4 Å². The average molecular weight is 521 g/mol. The Hall–Kier alpha value is -3.56. The highest BCUT2D eigenvalue weighted by atomic mass is 19.4. The van der Waals surface area contributed by atoms with Gasteiger partial charge in [-0.2, -0.15) is 13.2 Å². The van der Waals surface area contributed by atoms with E-state index in [0.29, 0.717) is 25.1 Å². The van der Waals surface area contributed by atoms with Gasteiger partial charge in [-0.05, 0) is 88.4 Å². The number of carbonyl (C=O) groups excluding carboxylic acids is 3. The maximum absolute atomic E-state index is 12.8. The second-order valence-electron chi connectivity index (χ2n) is 9.47. The van der Waals surface area contributed by atoms with Crippen LogP contribution in [0.4, 0.5) is 23.7 Å². The Labute approximate surface area is 214 Å². The second kappa shape index (κ2) is 10.8. The van der Waals surface area contributed by atoms with E-state index in [-0.39, 0.29) is 18.8 Å². The predicted octanol–water partition coefficient (Wildman–Crippen LogP) is 5.44. The van der Waals surface area contributed by atoms with Crippen molar-refractivity contribution in [3.8, 4) is 5.75 Å². The summed E-state index contributed by atoms with van der Waals surface area (Å²) in [5.41, 5.74) is 0.835. The van der Waals surface area contributed by atoms with Gasteiger partial charge in [0.2, 0.25) is 0 Å². The van der Waals surface area contributed by atoms with Gasteiger partial charge >= 0.3 is 18.2 Å². The number of hydrogen-bond donors (Lipinski definition) is 0. The summed E-state index contributed by atoms with van der Waals surface area (Å²) in [6.45, 7) is 9.25. The molecule has 0 aromatic heterocycles. The van der Waals surface area contributed by atoms with Crippen molar-refractivity contribution in [2.75, 3.05) is 24.6 Å². The molecule has 2 aromatic carbocycles. The number of imide groups is 1. The number of benzene rings is 2. The molecule has 0 N–H and O–H groups in total. The van der Waals surface area contributed by atoms with E-state index in [2.05, 4.69) is 0 Å². The number of esters is 1. The molecule has 2 aromatic rings. The molecule has 200 valence electrons. The van der Waals surface area contributed by atoms with Crippen molar-refractivity contribution in [3.05, 3.63) is 58.7 Å². The van der Waals surface area contributed by atoms with E-state index >= 15 is 0 Å². The number of nitrogens with zero attached hydrogens (tertiary/aromatic N) is 2. The molecule has 1 heterocycles. The third kappa shape index (κ3) is 6.42. The summed E-state index contributed by atoms with van der Waals surface area (Å²) in [6, 6.07) is 7.31. The summed E-state index contributed by atoms with van der Waals surface area (Å²) in [6.07, 6.45) is -3.30. The average Bonchev–Trinajstić information content (AvgIpc) is 3.09. The zero-order chi connectivity index (χ0) is 27.5. The smallest absolute Gasteiger partial charge is 0.416 e. The van der Waals surface area contributed by atoms with E-state index in [1.165, 1.54) is 4.90 Å². The van der Waals surface area contributed by atoms with Crippen molar-refractivity contribution in [2.24, 2.45) is 0 Å². The molecule has 0 spiro atoms. The lowest BCUT2D eigenvalue weighted by molar-refractivity contribution is -0.158. The normalized spacial score (nSPS) is 14.4. The highest BCUT2D eigenvalue weighted by Gasteiger charge is 2.38. The SMILES string of the molecule is CCOC(=O)C(C)(C)Oc1c(C)cc(CCCN2CC(=O)N(c3ccc(C(F)(F)F)cc3)C2=O)cc1C. The molecule has 0 unspecified atom stereocenters. The largest absolute Gasteiger partial charge is 0.476 e. The Balaban J connectivity index is 1.61. The summed E-state index contributed by atoms with van der Waals surface area (Å²) in [5, 5.41) is 0. The first-order valence-corrected chi connectivity index (χ1v) is 12.0. The van der Waals surface area contributed by atoms with Crippen LogP contribution in [0.1, 0.15) is 49.4 Å². The van der Waals surface area contributed by atoms with Gasteiger partial charge in [0.1, 0.15) is 12.3 Å². The molecular formula is C27H31F3N2O5. The third-order valence-corrected chi connectivity index (χ3v) is 6.03. The Morgan fingerprint density at radius 3 is 2.16 bits per heavy atom. The first-order chi connectivity index (χ1) is 17.2. The molecule has 0 bridgehead atoms. The van der Waals surface area contributed by atoms with Gasteiger partial charge in [0.25, 0.3) is 5.91 Å². The molecule has 0 aliphatic carbocycles. The first kappa shape index (κ1) is 28.0. The van der Waals surface area contributed by atoms with Crippen LogP contribution in [-0.2, 0) is 26.9 Å². The topological polar surface area (TPSA) is 76.2 Å². The van der Waals surface area contributed by atoms with Crippen LogP contribution in [0.5, 0.6) is 5.75 Å². The van der Waals surface area contributed by atoms with Crippen molar-refractivity contribution in [1.82, 2.24) is 4.90 Å². The number of anilines is 1. The van der Waals surface area contributed by atoms with Crippen LogP contribution in [0.25, 0.3) is 0 Å². The Bertz CT molecular complexity index is 1150. The number of halogens is 3. The number of alkyl halides is 3. The second-order valence-corrected chi connectivity index (χ2v) is 9.47. The fraction of sp³-hybridized carbons (Fsp3) is 0.444. The van der Waals surface area contributed by atoms with Crippen LogP contribution in [0.3, 0.4) is 0 Å². The molecule has 7 nitrogen and oxygen atoms in total. The number of rotatable bonds is 9. The summed E-state index contributed by atoms with van der Waals surface area (Å²) >= 11 is 0. The molecule has 1 aliphatic rings. The molecule has 1 fully saturated rings. The number of aryl methyl sites for hydroxylation is 3. The third-order valence-electron chi connectivity index (χ3n) is 6.03. The van der Waals surface area contributed by atoms with Crippen LogP contribution in [0.2, 0.25) is 0 Å². The molecular weight excluding hydrogens is 489 g/mol. The lowest BCUT2D eigenvalue weighted by atomic mass is 10.0. The number of hydrogen-bond acceptors (Lipinski definition) is 5. The van der Waals surface area contributed by atoms with Gasteiger partial charge in [-0.15, -0.1) is 0 Å². The molecule has 0 atom stereocenters. The molecule has 3 amide bonds. The predicted molar refractivity (Wildman–Crippen MR) is 131 cm³/mol. The minimum Gasteiger partial charge on any atom is -0.476 e. The zero-order valence-corrected chi connectivity index (χ0v) is 21.6. The monoisotopic (exact) mass is 520 g/mol. The lowest BCUT2D eigenvalue weighted by Gasteiger charge is -2.26. The van der Waals surface area contributed by atoms with Crippen LogP contribution in [0, 0.1) is 13.8 Å². The maximum atomic E-state index is 12.8. The number of carbonyl (C=O) groups is 3. The lowest BCUT2D eigenvalue weighted by Crippen LogP contribution is -2.40. The van der Waals surface area contributed by atoms with Crippen molar-refractivity contribution in [1.29, 1.82) is 0 Å². The Morgan fingerprint density at radius 2 is 1.62 bits per heavy atom. The maximum Gasteiger partial charge on any atom is 0.416 e. The van der Waals surface area contributed by atoms with E-state index in [0.717, 1.165) is 45.9 Å². The number of ether oxygens (including phenoxy) is 2. The van der Waals surface area contributed by atoms with E-state index in [1.54, 1.807) is 20.8 Å². The first-order valence-electron chi connectivity index (χ1n) is 12.0. The van der Waals surface area contributed by atoms with Crippen LogP contribution >= 0.6 is 0 Å². The van der Waals surface area contributed by atoms with Gasteiger partial charge in [-0.1, -0.05) is 12.1 Å². The van der Waals surface area contributed by atoms with Gasteiger partial charge in [0.15, 0.2) is 5.60 Å². The summed E-state index contributed by atoms with van der Waals surface area (Å²) in [7, 11) is 0. The fourth-order valence-corrected chi connectivity index (χ4v) is 4.20. The summed E-state index contributed by atoms with van der Waals surface area (Å²) < 4.78 is 49.5. The highest BCUT2D eigenvalue weighted by Crippen LogP contribution is 2.32. The van der Waals surface area contributed by atoms with Gasteiger partial charge in [0, 0.05) is 6.54 Å². The summed E-state index contributed by atoms with van der Waals surface area (Å²) in [5.74, 6) is -0.329. The molecule has 37 heavy (non-hydrogen) atoms. The standard InChI is InChI=1S/C27H31F3N2O5/c1-6-36-24(34)26(4,5)37-23-17(2)14-19(15-18(23)3)8-7-13-31-16-22(33)32(25(31)35)21-11-9-20(10-12-21)27(28,29)30/h9-12,14-15H,6-8,13,16H2,1-5H3. The number of urea groups is 1. The highest BCUT2D eigenvalue weighted by molar-refractivity contribution is 6.19. The Kier molecular flexibility index (Phi) is 8.19. The van der Waals surface area contributed by atoms with Crippen LogP contribution in [0.15, 0.2) is 36.4 Å². The Morgan fingerprint density at radius 1 is 1.03 bits per heavy atom. The van der Waals surface area contributed by atoms with Gasteiger partial charge in [-0.3, -0.25) is 4.79 Å². The van der Waals surface area contributed by atoms with Crippen LogP contribution < -0.4 is 9.64 Å². The van der Waals surface area contributed by atoms with Gasteiger partial charge in [-0.25, -0.2) is 14.5 Å². The van der Waals surface area contributed by atoms with Gasteiger partial charge in [0.05, 0.1) is 17.9 Å². The van der Waals surface area contributed by atoms with Crippen molar-refractivity contribution in [2.45, 2.75) is 59.2 Å². The van der Waals surface area contributed by atoms with Crippen molar-refractivity contribution in [3.63, 3.8) is 0 Å². The van der Waals surface area contributed by atoms with E-state index < -0.39 is 35.2 Å². The fourth-order valence-electron chi connectivity index (χ4n) is 4.20. The quantitative estimate of drug-likeness (QED) is 0.325. The zero-order valence-electron chi connectivity index (χ0n) is 21.6. The van der Waals surface area contributed by atoms with Crippen molar-refractivity contribution < 1.29 is 37.0 Å². The molecule has 0 radical (unpaired) electrons. The minimum absolute atomic E-state index is 0.109. The number of amides is 3. The van der Waals surface area contributed by atoms with Crippen molar-refractivity contribution >= 4 is 23.6 Å². The van der Waals surface area contributed by atoms with E-state index in [9.17, 15) is 27.6 Å². The molecule has 0 saturated carbocycles. The minimum atomic E-state index is -4.50.